The standard InChI is InChI=1S/C17H14O3S.C7H7FO2S/c1-21(18,19)15-11-9-14(10-12-15)20-17-8-4-6-13-5-2-3-7-16(13)17;1-10-11(9)7-4-2-6(8)3-5-7/h2-12H,1H3;2-5H,1H3. The Morgan fingerprint density at radius 1 is 0.812 bits per heavy atom. The number of ether oxygens (including phenoxy) is 1. The molecule has 0 aliphatic carbocycles. The van der Waals surface area contributed by atoms with Gasteiger partial charge in [-0.15, -0.1) is 0 Å². The van der Waals surface area contributed by atoms with Crippen LogP contribution in [0.5, 0.6) is 11.5 Å². The molecule has 0 saturated carbocycles. The molecule has 32 heavy (non-hydrogen) atoms. The summed E-state index contributed by atoms with van der Waals surface area (Å²) < 4.78 is 56.5. The molecule has 0 aliphatic rings. The van der Waals surface area contributed by atoms with Crippen LogP contribution >= 0.6 is 0 Å². The maximum absolute atomic E-state index is 12.3. The Hall–Kier alpha value is -3.07. The highest BCUT2D eigenvalue weighted by Crippen LogP contribution is 2.30. The Morgan fingerprint density at radius 2 is 1.44 bits per heavy atom. The molecule has 1 unspecified atom stereocenters. The van der Waals surface area contributed by atoms with E-state index in [1.165, 1.54) is 37.6 Å². The molecule has 0 heterocycles. The zero-order chi connectivity index (χ0) is 23.1. The maximum Gasteiger partial charge on any atom is 0.188 e. The molecule has 0 spiro atoms. The predicted octanol–water partition coefficient (Wildman–Crippen LogP) is 5.53. The first kappa shape index (κ1) is 23.6. The van der Waals surface area contributed by atoms with E-state index in [9.17, 15) is 17.0 Å². The van der Waals surface area contributed by atoms with Gasteiger partial charge in [0.1, 0.15) is 17.3 Å². The van der Waals surface area contributed by atoms with Crippen LogP contribution in [-0.2, 0) is 25.1 Å². The third-order valence-corrected chi connectivity index (χ3v) is 6.48. The molecule has 1 atom stereocenters. The Labute approximate surface area is 189 Å². The highest BCUT2D eigenvalue weighted by atomic mass is 32.2. The number of hydrogen-bond acceptors (Lipinski definition) is 5. The minimum atomic E-state index is -3.18. The van der Waals surface area contributed by atoms with Crippen molar-refractivity contribution < 1.29 is 25.9 Å². The molecule has 0 amide bonds. The SMILES string of the molecule is COS(=O)c1ccc(F)cc1.CS(=O)(=O)c1ccc(Oc2cccc3ccccc23)cc1. The van der Waals surface area contributed by atoms with Crippen LogP contribution in [0.3, 0.4) is 0 Å². The largest absolute Gasteiger partial charge is 0.457 e. The number of halogens is 1. The molecule has 0 fully saturated rings. The molecule has 0 N–H and O–H groups in total. The van der Waals surface area contributed by atoms with Gasteiger partial charge in [-0.3, -0.25) is 4.18 Å². The average Bonchev–Trinajstić information content (AvgIpc) is 2.79. The minimum Gasteiger partial charge on any atom is -0.457 e. The molecular weight excluding hydrogens is 451 g/mol. The second-order valence-electron chi connectivity index (χ2n) is 6.68. The first-order valence-corrected chi connectivity index (χ1v) is 12.4. The van der Waals surface area contributed by atoms with Crippen LogP contribution < -0.4 is 4.74 Å². The van der Waals surface area contributed by atoms with Crippen molar-refractivity contribution in [3.8, 4) is 11.5 Å². The van der Waals surface area contributed by atoms with Gasteiger partial charge in [-0.25, -0.2) is 17.0 Å². The number of fused-ring (bicyclic) bond motifs is 1. The van der Waals surface area contributed by atoms with E-state index in [2.05, 4.69) is 4.18 Å². The second-order valence-corrected chi connectivity index (χ2v) is 9.97. The van der Waals surface area contributed by atoms with Crippen molar-refractivity contribution in [2.24, 2.45) is 0 Å². The van der Waals surface area contributed by atoms with E-state index in [4.69, 9.17) is 4.74 Å². The summed E-state index contributed by atoms with van der Waals surface area (Å²) in [5.74, 6) is 1.01. The van der Waals surface area contributed by atoms with Gasteiger partial charge in [0.25, 0.3) is 0 Å². The molecule has 8 heteroatoms. The lowest BCUT2D eigenvalue weighted by atomic mass is 10.1. The molecule has 0 bridgehead atoms. The van der Waals surface area contributed by atoms with Crippen LogP contribution in [0.1, 0.15) is 0 Å². The van der Waals surface area contributed by atoms with Gasteiger partial charge in [0.05, 0.1) is 16.9 Å². The molecular formula is C24H21FO5S2. The van der Waals surface area contributed by atoms with Crippen LogP contribution in [0.25, 0.3) is 10.8 Å². The molecule has 4 aromatic carbocycles. The van der Waals surface area contributed by atoms with Crippen LogP contribution in [0.15, 0.2) is 101 Å². The predicted molar refractivity (Wildman–Crippen MR) is 123 cm³/mol. The fraction of sp³-hybridized carbons (Fsp3) is 0.0833. The second kappa shape index (κ2) is 10.5. The lowest BCUT2D eigenvalue weighted by molar-refractivity contribution is 0.445. The highest BCUT2D eigenvalue weighted by Gasteiger charge is 2.08. The Bertz CT molecular complexity index is 1310. The van der Waals surface area contributed by atoms with Gasteiger partial charge < -0.3 is 4.74 Å². The van der Waals surface area contributed by atoms with E-state index in [0.29, 0.717) is 10.6 Å². The fourth-order valence-electron chi connectivity index (χ4n) is 2.81. The Morgan fingerprint density at radius 3 is 2.06 bits per heavy atom. The topological polar surface area (TPSA) is 69.7 Å². The number of benzene rings is 4. The average molecular weight is 473 g/mol. The van der Waals surface area contributed by atoms with Crippen molar-refractivity contribution in [1.29, 1.82) is 0 Å². The summed E-state index contributed by atoms with van der Waals surface area (Å²) >= 11 is -1.47. The third kappa shape index (κ3) is 6.23. The lowest BCUT2D eigenvalue weighted by Gasteiger charge is -2.09. The first-order chi connectivity index (χ1) is 15.3. The van der Waals surface area contributed by atoms with Gasteiger partial charge in [0.15, 0.2) is 20.9 Å². The van der Waals surface area contributed by atoms with Gasteiger partial charge in [-0.05, 0) is 60.0 Å². The minimum absolute atomic E-state index is 0.285. The van der Waals surface area contributed by atoms with Gasteiger partial charge in [-0.1, -0.05) is 36.4 Å². The molecule has 0 aliphatic heterocycles. The van der Waals surface area contributed by atoms with E-state index < -0.39 is 20.9 Å². The molecule has 5 nitrogen and oxygen atoms in total. The molecule has 4 rings (SSSR count). The Balaban J connectivity index is 0.000000222. The van der Waals surface area contributed by atoms with E-state index in [1.54, 1.807) is 24.3 Å². The number of hydrogen-bond donors (Lipinski definition) is 0. The summed E-state index contributed by atoms with van der Waals surface area (Å²) in [5, 5.41) is 2.12. The molecule has 0 aromatic heterocycles. The molecule has 4 aromatic rings. The summed E-state index contributed by atoms with van der Waals surface area (Å²) in [4.78, 5) is 0.752. The van der Waals surface area contributed by atoms with Gasteiger partial charge in [-0.2, -0.15) is 0 Å². The van der Waals surface area contributed by atoms with Gasteiger partial charge in [0.2, 0.25) is 0 Å². The molecule has 0 radical (unpaired) electrons. The third-order valence-electron chi connectivity index (χ3n) is 4.39. The van der Waals surface area contributed by atoms with Crippen LogP contribution in [0.2, 0.25) is 0 Å². The van der Waals surface area contributed by atoms with Crippen LogP contribution in [0, 0.1) is 5.82 Å². The summed E-state index contributed by atoms with van der Waals surface area (Å²) in [5.41, 5.74) is 0. The summed E-state index contributed by atoms with van der Waals surface area (Å²) in [6.07, 6.45) is 1.19. The van der Waals surface area contributed by atoms with E-state index in [-0.39, 0.29) is 10.7 Å². The van der Waals surface area contributed by atoms with E-state index >= 15 is 0 Å². The van der Waals surface area contributed by atoms with Crippen molar-refractivity contribution >= 4 is 31.7 Å². The van der Waals surface area contributed by atoms with Crippen molar-refractivity contribution in [3.05, 3.63) is 96.8 Å². The quantitative estimate of drug-likeness (QED) is 0.382. The number of rotatable bonds is 5. The summed E-state index contributed by atoms with van der Waals surface area (Å²) in [6, 6.07) is 25.6. The van der Waals surface area contributed by atoms with Crippen molar-refractivity contribution in [1.82, 2.24) is 0 Å². The van der Waals surface area contributed by atoms with Gasteiger partial charge >= 0.3 is 0 Å². The first-order valence-electron chi connectivity index (χ1n) is 9.45. The van der Waals surface area contributed by atoms with Crippen molar-refractivity contribution in [3.63, 3.8) is 0 Å². The van der Waals surface area contributed by atoms with E-state index in [1.807, 2.05) is 42.5 Å². The van der Waals surface area contributed by atoms with Crippen molar-refractivity contribution in [2.45, 2.75) is 9.79 Å². The zero-order valence-corrected chi connectivity index (χ0v) is 19.0. The molecule has 166 valence electrons. The number of sulfone groups is 1. The normalized spacial score (nSPS) is 12.0. The highest BCUT2D eigenvalue weighted by molar-refractivity contribution is 7.90. The van der Waals surface area contributed by atoms with Crippen LogP contribution in [0.4, 0.5) is 4.39 Å². The Kier molecular flexibility index (Phi) is 7.74. The van der Waals surface area contributed by atoms with Gasteiger partial charge in [0, 0.05) is 11.6 Å². The lowest BCUT2D eigenvalue weighted by Crippen LogP contribution is -1.96. The summed E-state index contributed by atoms with van der Waals surface area (Å²) in [7, 11) is -1.85. The van der Waals surface area contributed by atoms with Crippen molar-refractivity contribution in [2.75, 3.05) is 13.4 Å². The monoisotopic (exact) mass is 472 g/mol. The van der Waals surface area contributed by atoms with Crippen LogP contribution in [-0.4, -0.2) is 26.0 Å². The zero-order valence-electron chi connectivity index (χ0n) is 17.4. The smallest absolute Gasteiger partial charge is 0.188 e. The van der Waals surface area contributed by atoms with E-state index in [0.717, 1.165) is 16.5 Å². The summed E-state index contributed by atoms with van der Waals surface area (Å²) in [6.45, 7) is 0. The maximum atomic E-state index is 12.3. The molecule has 0 saturated heterocycles. The fourth-order valence-corrected chi connectivity index (χ4v) is 3.99.